The second-order valence-corrected chi connectivity index (χ2v) is 2.98. The average Bonchev–Trinajstić information content (AvgIpc) is 1.97. The summed E-state index contributed by atoms with van der Waals surface area (Å²) in [5, 5.41) is 8.58. The number of carbonyl (C=O) groups is 1. The molecular weight excluding hydrogens is 166 g/mol. The second kappa shape index (κ2) is 6.45. The van der Waals surface area contributed by atoms with E-state index in [1.807, 2.05) is 6.26 Å². The summed E-state index contributed by atoms with van der Waals surface area (Å²) in [6.07, 6.45) is 2.51. The zero-order chi connectivity index (χ0) is 8.69. The van der Waals surface area contributed by atoms with Gasteiger partial charge < -0.3 is 9.94 Å². The zero-order valence-corrected chi connectivity index (χ0v) is 7.48. The summed E-state index contributed by atoms with van der Waals surface area (Å²) in [5.74, 6) is -0.0613. The summed E-state index contributed by atoms with van der Waals surface area (Å²) in [6.45, 7) is 0. The highest BCUT2D eigenvalue weighted by atomic mass is 32.2. The Hall–Kier alpha value is -0.260. The van der Waals surface area contributed by atoms with Crippen molar-refractivity contribution in [2.24, 2.45) is 0 Å². The molecule has 0 radical (unpaired) electrons. The van der Waals surface area contributed by atoms with Crippen LogP contribution in [0.5, 0.6) is 0 Å². The Labute approximate surface area is 70.3 Å². The Morgan fingerprint density at radius 1 is 1.82 bits per heavy atom. The first-order valence-electron chi connectivity index (χ1n) is 3.22. The molecule has 5 heteroatoms. The fourth-order valence-corrected chi connectivity index (χ4v) is 1.08. The number of hydrogen-bond acceptors (Lipinski definition) is 4. The third-order valence-corrected chi connectivity index (χ3v) is 1.81. The van der Waals surface area contributed by atoms with Crippen molar-refractivity contribution >= 4 is 17.7 Å². The van der Waals surface area contributed by atoms with Crippen LogP contribution in [0.15, 0.2) is 0 Å². The predicted octanol–water partition coefficient (Wildman–Crippen LogP) is 0.344. The van der Waals surface area contributed by atoms with Crippen molar-refractivity contribution in [1.29, 1.82) is 0 Å². The Morgan fingerprint density at radius 3 is 2.82 bits per heavy atom. The lowest BCUT2D eigenvalue weighted by Crippen LogP contribution is -2.36. The van der Waals surface area contributed by atoms with Crippen molar-refractivity contribution in [1.82, 2.24) is 5.48 Å². The molecule has 0 aliphatic heterocycles. The highest BCUT2D eigenvalue weighted by Crippen LogP contribution is 2.00. The number of thioether (sulfide) groups is 1. The monoisotopic (exact) mass is 179 g/mol. The maximum absolute atomic E-state index is 10.4. The molecule has 0 bridgehead atoms. The SMILES string of the molecule is CON[C@@H](CCSC)C(=O)O. The van der Waals surface area contributed by atoms with Gasteiger partial charge in [-0.2, -0.15) is 17.2 Å². The molecule has 0 aliphatic carbocycles. The smallest absolute Gasteiger partial charge is 0.323 e. The highest BCUT2D eigenvalue weighted by Gasteiger charge is 2.15. The third-order valence-electron chi connectivity index (χ3n) is 1.17. The first kappa shape index (κ1) is 10.7. The van der Waals surface area contributed by atoms with Crippen LogP contribution in [0.2, 0.25) is 0 Å². The van der Waals surface area contributed by atoms with Crippen molar-refractivity contribution in [3.05, 3.63) is 0 Å². The summed E-state index contributed by atoms with van der Waals surface area (Å²) < 4.78 is 0. The maximum atomic E-state index is 10.4. The average molecular weight is 179 g/mol. The number of carboxylic acids is 1. The Bertz CT molecular complexity index is 120. The first-order valence-corrected chi connectivity index (χ1v) is 4.62. The van der Waals surface area contributed by atoms with Crippen LogP contribution in [0, 0.1) is 0 Å². The van der Waals surface area contributed by atoms with E-state index in [1.165, 1.54) is 7.11 Å². The van der Waals surface area contributed by atoms with Gasteiger partial charge in [0.25, 0.3) is 0 Å². The number of hydroxylamine groups is 1. The van der Waals surface area contributed by atoms with Crippen LogP contribution >= 0.6 is 11.8 Å². The van der Waals surface area contributed by atoms with E-state index in [9.17, 15) is 4.79 Å². The van der Waals surface area contributed by atoms with Gasteiger partial charge in [-0.1, -0.05) is 0 Å². The topological polar surface area (TPSA) is 58.6 Å². The van der Waals surface area contributed by atoms with Gasteiger partial charge in [-0.15, -0.1) is 0 Å². The van der Waals surface area contributed by atoms with E-state index < -0.39 is 12.0 Å². The van der Waals surface area contributed by atoms with Crippen LogP contribution in [0.1, 0.15) is 6.42 Å². The van der Waals surface area contributed by atoms with Gasteiger partial charge in [0.1, 0.15) is 6.04 Å². The minimum atomic E-state index is -0.874. The Kier molecular flexibility index (Phi) is 6.30. The molecule has 0 unspecified atom stereocenters. The first-order chi connectivity index (χ1) is 5.22. The Balaban J connectivity index is 3.60. The molecule has 0 rings (SSSR count). The van der Waals surface area contributed by atoms with Crippen molar-refractivity contribution < 1.29 is 14.7 Å². The molecule has 2 N–H and O–H groups in total. The zero-order valence-electron chi connectivity index (χ0n) is 6.66. The van der Waals surface area contributed by atoms with Crippen LogP contribution in [-0.4, -0.2) is 36.2 Å². The number of aliphatic carboxylic acids is 1. The van der Waals surface area contributed by atoms with Crippen LogP contribution in [0.3, 0.4) is 0 Å². The van der Waals surface area contributed by atoms with Gasteiger partial charge in [-0.25, -0.2) is 0 Å². The molecule has 0 aliphatic rings. The fraction of sp³-hybridized carbons (Fsp3) is 0.833. The van der Waals surface area contributed by atoms with Gasteiger partial charge in [0, 0.05) is 0 Å². The quantitative estimate of drug-likeness (QED) is 0.576. The molecule has 66 valence electrons. The predicted molar refractivity (Wildman–Crippen MR) is 44.6 cm³/mol. The van der Waals surface area contributed by atoms with Gasteiger partial charge in [-0.05, 0) is 18.4 Å². The number of hydrogen-bond donors (Lipinski definition) is 2. The van der Waals surface area contributed by atoms with Crippen molar-refractivity contribution in [2.45, 2.75) is 12.5 Å². The largest absolute Gasteiger partial charge is 0.480 e. The number of carboxylic acid groups (broad SMARTS) is 1. The Morgan fingerprint density at radius 2 is 2.45 bits per heavy atom. The minimum absolute atomic E-state index is 0.574. The summed E-state index contributed by atoms with van der Waals surface area (Å²) in [6, 6.07) is -0.590. The normalized spacial score (nSPS) is 12.9. The summed E-state index contributed by atoms with van der Waals surface area (Å²) in [7, 11) is 1.41. The third kappa shape index (κ3) is 5.06. The highest BCUT2D eigenvalue weighted by molar-refractivity contribution is 7.98. The van der Waals surface area contributed by atoms with Crippen molar-refractivity contribution in [2.75, 3.05) is 19.1 Å². The summed E-state index contributed by atoms with van der Waals surface area (Å²) >= 11 is 1.61. The molecule has 0 amide bonds. The lowest BCUT2D eigenvalue weighted by atomic mass is 10.2. The van der Waals surface area contributed by atoms with Crippen LogP contribution in [0.4, 0.5) is 0 Å². The molecule has 4 nitrogen and oxygen atoms in total. The van der Waals surface area contributed by atoms with Crippen LogP contribution < -0.4 is 5.48 Å². The van der Waals surface area contributed by atoms with Gasteiger partial charge in [0.05, 0.1) is 7.11 Å². The van der Waals surface area contributed by atoms with Gasteiger partial charge in [0.2, 0.25) is 0 Å². The van der Waals surface area contributed by atoms with E-state index in [4.69, 9.17) is 5.11 Å². The molecular formula is C6H13NO3S. The van der Waals surface area contributed by atoms with Crippen molar-refractivity contribution in [3.8, 4) is 0 Å². The second-order valence-electron chi connectivity index (χ2n) is 1.99. The van der Waals surface area contributed by atoms with Gasteiger partial charge in [-0.3, -0.25) is 4.79 Å². The summed E-state index contributed by atoms with van der Waals surface area (Å²) in [5.41, 5.74) is 2.40. The van der Waals surface area contributed by atoms with E-state index in [1.54, 1.807) is 11.8 Å². The van der Waals surface area contributed by atoms with Crippen molar-refractivity contribution in [3.63, 3.8) is 0 Å². The molecule has 0 spiro atoms. The van der Waals surface area contributed by atoms with Gasteiger partial charge in [0.15, 0.2) is 0 Å². The van der Waals surface area contributed by atoms with E-state index in [2.05, 4.69) is 10.3 Å². The molecule has 0 aromatic rings. The fourth-order valence-electron chi connectivity index (χ4n) is 0.611. The van der Waals surface area contributed by atoms with Crippen LogP contribution in [-0.2, 0) is 9.63 Å². The van der Waals surface area contributed by atoms with Crippen LogP contribution in [0.25, 0.3) is 0 Å². The molecule has 0 saturated carbocycles. The molecule has 0 fully saturated rings. The molecule has 11 heavy (non-hydrogen) atoms. The maximum Gasteiger partial charge on any atom is 0.323 e. The van der Waals surface area contributed by atoms with E-state index in [0.717, 1.165) is 5.75 Å². The standard InChI is InChI=1S/C6H13NO3S/c1-10-7-5(6(8)9)3-4-11-2/h5,7H,3-4H2,1-2H3,(H,8,9)/t5-/m0/s1. The lowest BCUT2D eigenvalue weighted by Gasteiger charge is -2.10. The lowest BCUT2D eigenvalue weighted by molar-refractivity contribution is -0.143. The van der Waals surface area contributed by atoms with E-state index in [-0.39, 0.29) is 0 Å². The van der Waals surface area contributed by atoms with Gasteiger partial charge >= 0.3 is 5.97 Å². The minimum Gasteiger partial charge on any atom is -0.480 e. The molecule has 0 saturated heterocycles. The van der Waals surface area contributed by atoms with E-state index in [0.29, 0.717) is 6.42 Å². The summed E-state index contributed by atoms with van der Waals surface area (Å²) in [4.78, 5) is 15.0. The molecule has 0 aromatic heterocycles. The molecule has 0 heterocycles. The number of nitrogens with one attached hydrogen (secondary N) is 1. The number of rotatable bonds is 6. The molecule has 1 atom stereocenters. The van der Waals surface area contributed by atoms with E-state index >= 15 is 0 Å². The molecule has 0 aromatic carbocycles.